The van der Waals surface area contributed by atoms with Gasteiger partial charge in [-0.2, -0.15) is 4.31 Å². The predicted molar refractivity (Wildman–Crippen MR) is 76.8 cm³/mol. The van der Waals surface area contributed by atoms with Crippen molar-refractivity contribution in [2.75, 3.05) is 13.1 Å². The third kappa shape index (κ3) is 3.19. The molecule has 0 spiro atoms. The van der Waals surface area contributed by atoms with Crippen molar-refractivity contribution >= 4 is 22.4 Å². The summed E-state index contributed by atoms with van der Waals surface area (Å²) in [6, 6.07) is -0.843. The molecule has 2 aliphatic rings. The maximum atomic E-state index is 13.9. The summed E-state index contributed by atoms with van der Waals surface area (Å²) in [4.78, 5) is -1.54. The van der Waals surface area contributed by atoms with Crippen molar-refractivity contribution in [1.82, 2.24) is 9.62 Å². The zero-order valence-electron chi connectivity index (χ0n) is 11.9. The van der Waals surface area contributed by atoms with Gasteiger partial charge in [0.2, 0.25) is 10.0 Å². The summed E-state index contributed by atoms with van der Waals surface area (Å²) in [5.74, 6) is -7.21. The van der Waals surface area contributed by atoms with Crippen molar-refractivity contribution in [1.29, 1.82) is 0 Å². The third-order valence-electron chi connectivity index (χ3n) is 3.91. The monoisotopic (exact) mass is 374 g/mol. The molecule has 3 rings (SSSR count). The van der Waals surface area contributed by atoms with Crippen LogP contribution in [0.3, 0.4) is 0 Å². The minimum atomic E-state index is -4.66. The highest BCUT2D eigenvalue weighted by molar-refractivity contribution is 7.89. The van der Waals surface area contributed by atoms with Crippen LogP contribution in [-0.4, -0.2) is 37.9 Å². The highest BCUT2D eigenvalue weighted by Gasteiger charge is 2.46. The number of hydrogen-bond donors (Lipinski definition) is 1. The van der Waals surface area contributed by atoms with Gasteiger partial charge in [-0.3, -0.25) is 0 Å². The summed E-state index contributed by atoms with van der Waals surface area (Å²) in [5, 5.41) is 2.97. The zero-order valence-corrected chi connectivity index (χ0v) is 13.5. The van der Waals surface area contributed by atoms with Gasteiger partial charge in [-0.05, 0) is 25.8 Å². The minimum absolute atomic E-state index is 0. The SMILES string of the molecule is Cl.O=S(=O)(c1c(F)c(F)cc(F)c1F)N(C1CC1)C1CCNC1. The maximum absolute atomic E-state index is 13.9. The van der Waals surface area contributed by atoms with E-state index in [4.69, 9.17) is 0 Å². The molecule has 1 aromatic rings. The zero-order chi connectivity index (χ0) is 16.1. The Balaban J connectivity index is 0.00000192. The van der Waals surface area contributed by atoms with E-state index in [1.54, 1.807) is 0 Å². The Morgan fingerprint density at radius 3 is 2.00 bits per heavy atom. The van der Waals surface area contributed by atoms with Gasteiger partial charge in [-0.15, -0.1) is 12.4 Å². The molecule has 1 saturated carbocycles. The summed E-state index contributed by atoms with van der Waals surface area (Å²) >= 11 is 0. The Morgan fingerprint density at radius 1 is 1.00 bits per heavy atom. The summed E-state index contributed by atoms with van der Waals surface area (Å²) in [6.07, 6.45) is 1.62. The Kier molecular flexibility index (Phi) is 5.24. The van der Waals surface area contributed by atoms with E-state index in [1.165, 1.54) is 0 Å². The van der Waals surface area contributed by atoms with Crippen LogP contribution in [0.2, 0.25) is 0 Å². The minimum Gasteiger partial charge on any atom is -0.315 e. The van der Waals surface area contributed by atoms with E-state index in [0.717, 1.165) is 4.31 Å². The average Bonchev–Trinajstić information content (AvgIpc) is 3.10. The molecule has 0 radical (unpaired) electrons. The third-order valence-corrected chi connectivity index (χ3v) is 5.93. The maximum Gasteiger partial charge on any atom is 0.249 e. The molecule has 0 bridgehead atoms. The van der Waals surface area contributed by atoms with Gasteiger partial charge in [0.25, 0.3) is 0 Å². The van der Waals surface area contributed by atoms with E-state index in [1.807, 2.05) is 0 Å². The molecule has 0 amide bonds. The molecule has 1 aliphatic heterocycles. The van der Waals surface area contributed by atoms with Crippen LogP contribution in [0.4, 0.5) is 17.6 Å². The molecular weight excluding hydrogens is 360 g/mol. The van der Waals surface area contributed by atoms with E-state index < -0.39 is 44.2 Å². The molecule has 23 heavy (non-hydrogen) atoms. The van der Waals surface area contributed by atoms with E-state index >= 15 is 0 Å². The molecule has 1 N–H and O–H groups in total. The first-order chi connectivity index (χ1) is 10.3. The fourth-order valence-corrected chi connectivity index (χ4v) is 4.79. The van der Waals surface area contributed by atoms with E-state index in [-0.39, 0.29) is 24.5 Å². The van der Waals surface area contributed by atoms with Crippen LogP contribution in [0.1, 0.15) is 19.3 Å². The predicted octanol–water partition coefficient (Wildman–Crippen LogP) is 2.18. The van der Waals surface area contributed by atoms with Gasteiger partial charge in [-0.1, -0.05) is 0 Å². The normalized spacial score (nSPS) is 21.5. The highest BCUT2D eigenvalue weighted by Crippen LogP contribution is 2.37. The molecule has 2 fully saturated rings. The Hall–Kier alpha value is -0.900. The van der Waals surface area contributed by atoms with Crippen LogP contribution in [0.15, 0.2) is 11.0 Å². The lowest BCUT2D eigenvalue weighted by Gasteiger charge is -2.28. The molecule has 1 atom stereocenters. The van der Waals surface area contributed by atoms with Crippen LogP contribution in [0.5, 0.6) is 0 Å². The highest BCUT2D eigenvalue weighted by atomic mass is 35.5. The van der Waals surface area contributed by atoms with Crippen LogP contribution in [-0.2, 0) is 10.0 Å². The lowest BCUT2D eigenvalue weighted by molar-refractivity contribution is 0.320. The molecule has 1 unspecified atom stereocenters. The number of benzene rings is 1. The molecular formula is C13H15ClF4N2O2S. The summed E-state index contributed by atoms with van der Waals surface area (Å²) in [7, 11) is -4.66. The van der Waals surface area contributed by atoms with Gasteiger partial charge in [0.05, 0.1) is 0 Å². The smallest absolute Gasteiger partial charge is 0.249 e. The first-order valence-electron chi connectivity index (χ1n) is 6.91. The second kappa shape index (κ2) is 6.54. The Morgan fingerprint density at radius 2 is 1.57 bits per heavy atom. The van der Waals surface area contributed by atoms with Crippen molar-refractivity contribution in [3.05, 3.63) is 29.3 Å². The lowest BCUT2D eigenvalue weighted by atomic mass is 10.2. The number of halogens is 5. The van der Waals surface area contributed by atoms with Crippen molar-refractivity contribution in [3.63, 3.8) is 0 Å². The number of nitrogens with zero attached hydrogens (tertiary/aromatic N) is 1. The summed E-state index contributed by atoms with van der Waals surface area (Å²) in [5.41, 5.74) is 0. The topological polar surface area (TPSA) is 49.4 Å². The fourth-order valence-electron chi connectivity index (χ4n) is 2.76. The van der Waals surface area contributed by atoms with Crippen molar-refractivity contribution in [2.45, 2.75) is 36.2 Å². The molecule has 10 heteroatoms. The number of rotatable bonds is 4. The van der Waals surface area contributed by atoms with E-state index in [9.17, 15) is 26.0 Å². The molecule has 1 heterocycles. The van der Waals surface area contributed by atoms with Gasteiger partial charge >= 0.3 is 0 Å². The largest absolute Gasteiger partial charge is 0.315 e. The van der Waals surface area contributed by atoms with Crippen LogP contribution < -0.4 is 5.32 Å². The summed E-state index contributed by atoms with van der Waals surface area (Å²) in [6.45, 7) is 0.919. The Bertz CT molecular complexity index is 680. The van der Waals surface area contributed by atoms with Gasteiger partial charge < -0.3 is 5.32 Å². The first kappa shape index (κ1) is 18.4. The van der Waals surface area contributed by atoms with Crippen molar-refractivity contribution < 1.29 is 26.0 Å². The molecule has 130 valence electrons. The molecule has 4 nitrogen and oxygen atoms in total. The van der Waals surface area contributed by atoms with Crippen molar-refractivity contribution in [2.24, 2.45) is 0 Å². The molecule has 1 aliphatic carbocycles. The molecule has 1 saturated heterocycles. The van der Waals surface area contributed by atoms with Crippen LogP contribution in [0.25, 0.3) is 0 Å². The molecule has 0 aromatic heterocycles. The van der Waals surface area contributed by atoms with Gasteiger partial charge in [0, 0.05) is 24.7 Å². The van der Waals surface area contributed by atoms with Gasteiger partial charge in [0.1, 0.15) is 0 Å². The van der Waals surface area contributed by atoms with E-state index in [0.29, 0.717) is 32.4 Å². The van der Waals surface area contributed by atoms with Crippen LogP contribution >= 0.6 is 12.4 Å². The number of hydrogen-bond acceptors (Lipinski definition) is 3. The first-order valence-corrected chi connectivity index (χ1v) is 8.35. The van der Waals surface area contributed by atoms with Gasteiger partial charge in [-0.25, -0.2) is 26.0 Å². The Labute approximate surface area is 137 Å². The fraction of sp³-hybridized carbons (Fsp3) is 0.538. The van der Waals surface area contributed by atoms with Crippen molar-refractivity contribution in [3.8, 4) is 0 Å². The molecule has 1 aromatic carbocycles. The van der Waals surface area contributed by atoms with E-state index in [2.05, 4.69) is 5.32 Å². The quantitative estimate of drug-likeness (QED) is 0.649. The average molecular weight is 375 g/mol. The summed E-state index contributed by atoms with van der Waals surface area (Å²) < 4.78 is 80.7. The lowest BCUT2D eigenvalue weighted by Crippen LogP contribution is -2.43. The number of sulfonamides is 1. The van der Waals surface area contributed by atoms with Crippen LogP contribution in [0, 0.1) is 23.3 Å². The standard InChI is InChI=1S/C13H14F4N2O2S.ClH/c14-9-5-10(15)12(17)13(11(9)16)22(20,21)19(7-1-2-7)8-3-4-18-6-8;/h5,7-8,18H,1-4,6H2;1H. The van der Waals surface area contributed by atoms with Gasteiger partial charge in [0.15, 0.2) is 28.2 Å². The second-order valence-corrected chi connectivity index (χ2v) is 7.29. The second-order valence-electron chi connectivity index (χ2n) is 5.51. The number of nitrogens with one attached hydrogen (secondary N) is 1.